The Bertz CT molecular complexity index is 767. The fraction of sp³-hybridized carbons (Fsp3) is 0.222. The van der Waals surface area contributed by atoms with Crippen molar-refractivity contribution < 1.29 is 24.2 Å². The van der Waals surface area contributed by atoms with E-state index in [0.717, 1.165) is 0 Å². The quantitative estimate of drug-likeness (QED) is 0.774. The maximum atomic E-state index is 12.5. The molecule has 6 nitrogen and oxygen atoms in total. The Balaban J connectivity index is 2.28. The molecule has 1 amide bonds. The van der Waals surface area contributed by atoms with Crippen LogP contribution < -0.4 is 14.8 Å². The number of carboxylic acid groups (broad SMARTS) is 1. The molecule has 0 aliphatic heterocycles. The number of hydrogen-bond acceptors (Lipinski definition) is 4. The molecule has 2 rings (SSSR count). The molecule has 2 aromatic rings. The third-order valence-corrected chi connectivity index (χ3v) is 3.55. The van der Waals surface area contributed by atoms with E-state index in [0.29, 0.717) is 36.0 Å². The average molecular weight is 364 g/mol. The second-order valence-corrected chi connectivity index (χ2v) is 5.42. The number of carbonyl (C=O) groups excluding carboxylic acids is 1. The highest BCUT2D eigenvalue weighted by Crippen LogP contribution is 2.25. The summed E-state index contributed by atoms with van der Waals surface area (Å²) in [6, 6.07) is 9.14. The first-order valence-corrected chi connectivity index (χ1v) is 8.07. The number of benzene rings is 2. The lowest BCUT2D eigenvalue weighted by Gasteiger charge is -2.11. The molecule has 0 aromatic heterocycles. The molecule has 0 fully saturated rings. The molecule has 0 atom stereocenters. The van der Waals surface area contributed by atoms with Crippen molar-refractivity contribution in [3.05, 3.63) is 52.5 Å². The van der Waals surface area contributed by atoms with Crippen LogP contribution >= 0.6 is 11.6 Å². The van der Waals surface area contributed by atoms with Crippen LogP contribution in [0.25, 0.3) is 0 Å². The fourth-order valence-electron chi connectivity index (χ4n) is 2.17. The van der Waals surface area contributed by atoms with Crippen LogP contribution in [0.3, 0.4) is 0 Å². The van der Waals surface area contributed by atoms with Crippen LogP contribution in [-0.2, 0) is 0 Å². The standard InChI is InChI=1S/C18H18ClNO5/c1-3-24-13-7-11(8-14(10-13)25-4-2)17(21)20-12-5-6-16(19)15(9-12)18(22)23/h5-10H,3-4H2,1-2H3,(H,20,21)(H,22,23). The predicted molar refractivity (Wildman–Crippen MR) is 95.1 cm³/mol. The van der Waals surface area contributed by atoms with Gasteiger partial charge in [0.25, 0.3) is 5.91 Å². The van der Waals surface area contributed by atoms with Crippen molar-refractivity contribution in [2.75, 3.05) is 18.5 Å². The molecule has 0 spiro atoms. The summed E-state index contributed by atoms with van der Waals surface area (Å²) < 4.78 is 10.9. The van der Waals surface area contributed by atoms with Crippen molar-refractivity contribution in [1.82, 2.24) is 0 Å². The SMILES string of the molecule is CCOc1cc(OCC)cc(C(=O)Nc2ccc(Cl)c(C(=O)O)c2)c1. The van der Waals surface area contributed by atoms with Crippen LogP contribution in [-0.4, -0.2) is 30.2 Å². The topological polar surface area (TPSA) is 84.9 Å². The van der Waals surface area contributed by atoms with Gasteiger partial charge in [-0.25, -0.2) is 4.79 Å². The van der Waals surface area contributed by atoms with Gasteiger partial charge in [-0.1, -0.05) is 11.6 Å². The van der Waals surface area contributed by atoms with Crippen LogP contribution in [0, 0.1) is 0 Å². The summed E-state index contributed by atoms with van der Waals surface area (Å²) in [6.45, 7) is 4.59. The van der Waals surface area contributed by atoms with Crippen LogP contribution in [0.2, 0.25) is 5.02 Å². The number of anilines is 1. The minimum atomic E-state index is -1.17. The summed E-state index contributed by atoms with van der Waals surface area (Å²) in [5.74, 6) is -0.555. The number of rotatable bonds is 7. The van der Waals surface area contributed by atoms with Gasteiger partial charge in [0.05, 0.1) is 23.8 Å². The molecule has 132 valence electrons. The second-order valence-electron chi connectivity index (χ2n) is 5.01. The molecular formula is C18H18ClNO5. The van der Waals surface area contributed by atoms with Gasteiger partial charge < -0.3 is 19.9 Å². The summed E-state index contributed by atoms with van der Waals surface area (Å²) in [4.78, 5) is 23.6. The van der Waals surface area contributed by atoms with Gasteiger partial charge in [0.15, 0.2) is 0 Å². The molecule has 7 heteroatoms. The lowest BCUT2D eigenvalue weighted by Crippen LogP contribution is -2.13. The minimum absolute atomic E-state index is 0.0856. The van der Waals surface area contributed by atoms with Gasteiger partial charge in [-0.3, -0.25) is 4.79 Å². The van der Waals surface area contributed by atoms with E-state index in [4.69, 9.17) is 26.2 Å². The molecule has 0 radical (unpaired) electrons. The minimum Gasteiger partial charge on any atom is -0.494 e. The van der Waals surface area contributed by atoms with Gasteiger partial charge in [-0.05, 0) is 44.2 Å². The van der Waals surface area contributed by atoms with E-state index in [1.807, 2.05) is 13.8 Å². The lowest BCUT2D eigenvalue weighted by atomic mass is 10.1. The maximum Gasteiger partial charge on any atom is 0.337 e. The zero-order valence-corrected chi connectivity index (χ0v) is 14.6. The van der Waals surface area contributed by atoms with E-state index in [1.165, 1.54) is 18.2 Å². The van der Waals surface area contributed by atoms with E-state index < -0.39 is 11.9 Å². The van der Waals surface area contributed by atoms with Crippen molar-refractivity contribution in [1.29, 1.82) is 0 Å². The first-order valence-electron chi connectivity index (χ1n) is 7.69. The summed E-state index contributed by atoms with van der Waals surface area (Å²) in [7, 11) is 0. The Morgan fingerprint density at radius 2 is 1.64 bits per heavy atom. The van der Waals surface area contributed by atoms with Crippen molar-refractivity contribution in [3.8, 4) is 11.5 Å². The maximum absolute atomic E-state index is 12.5. The Morgan fingerprint density at radius 3 is 2.16 bits per heavy atom. The molecule has 0 saturated heterocycles. The second kappa shape index (κ2) is 8.39. The van der Waals surface area contributed by atoms with Crippen LogP contribution in [0.1, 0.15) is 34.6 Å². The molecule has 2 aromatic carbocycles. The van der Waals surface area contributed by atoms with Crippen molar-refractivity contribution in [2.24, 2.45) is 0 Å². The van der Waals surface area contributed by atoms with Crippen molar-refractivity contribution >= 4 is 29.2 Å². The Kier molecular flexibility index (Phi) is 6.25. The summed E-state index contributed by atoms with van der Waals surface area (Å²) in [5.41, 5.74) is 0.574. The Labute approximate surface area is 150 Å². The third-order valence-electron chi connectivity index (χ3n) is 3.22. The number of halogens is 1. The normalized spacial score (nSPS) is 10.2. The largest absolute Gasteiger partial charge is 0.494 e. The molecule has 25 heavy (non-hydrogen) atoms. The molecule has 0 bridgehead atoms. The average Bonchev–Trinajstić information content (AvgIpc) is 2.56. The monoisotopic (exact) mass is 363 g/mol. The number of nitrogens with one attached hydrogen (secondary N) is 1. The van der Waals surface area contributed by atoms with E-state index in [-0.39, 0.29) is 10.6 Å². The molecule has 2 N–H and O–H groups in total. The van der Waals surface area contributed by atoms with E-state index in [9.17, 15) is 9.59 Å². The predicted octanol–water partition coefficient (Wildman–Crippen LogP) is 4.09. The van der Waals surface area contributed by atoms with Gasteiger partial charge in [-0.15, -0.1) is 0 Å². The molecule has 0 aliphatic carbocycles. The highest BCUT2D eigenvalue weighted by molar-refractivity contribution is 6.33. The number of aromatic carboxylic acids is 1. The number of hydrogen-bond donors (Lipinski definition) is 2. The molecule has 0 aliphatic rings. The van der Waals surface area contributed by atoms with Gasteiger partial charge in [0.2, 0.25) is 0 Å². The molecule has 0 heterocycles. The molecule has 0 saturated carbocycles. The van der Waals surface area contributed by atoms with Crippen molar-refractivity contribution in [2.45, 2.75) is 13.8 Å². The smallest absolute Gasteiger partial charge is 0.337 e. The van der Waals surface area contributed by atoms with Crippen LogP contribution in [0.4, 0.5) is 5.69 Å². The first-order chi connectivity index (χ1) is 11.9. The van der Waals surface area contributed by atoms with E-state index >= 15 is 0 Å². The van der Waals surface area contributed by atoms with Gasteiger partial charge in [0.1, 0.15) is 11.5 Å². The highest BCUT2D eigenvalue weighted by Gasteiger charge is 2.14. The third kappa shape index (κ3) is 4.87. The van der Waals surface area contributed by atoms with Gasteiger partial charge in [-0.2, -0.15) is 0 Å². The van der Waals surface area contributed by atoms with Gasteiger partial charge >= 0.3 is 5.97 Å². The fourth-order valence-corrected chi connectivity index (χ4v) is 2.37. The first kappa shape index (κ1) is 18.6. The summed E-state index contributed by atoms with van der Waals surface area (Å²) in [5, 5.41) is 11.8. The Morgan fingerprint density at radius 1 is 1.04 bits per heavy atom. The zero-order chi connectivity index (χ0) is 18.4. The Hall–Kier alpha value is -2.73. The van der Waals surface area contributed by atoms with Crippen LogP contribution in [0.15, 0.2) is 36.4 Å². The van der Waals surface area contributed by atoms with Crippen LogP contribution in [0.5, 0.6) is 11.5 Å². The van der Waals surface area contributed by atoms with E-state index in [2.05, 4.69) is 5.32 Å². The number of carboxylic acids is 1. The van der Waals surface area contributed by atoms with Gasteiger partial charge in [0, 0.05) is 17.3 Å². The molecule has 0 unspecified atom stereocenters. The number of carbonyl (C=O) groups is 2. The highest BCUT2D eigenvalue weighted by atomic mass is 35.5. The van der Waals surface area contributed by atoms with Crippen molar-refractivity contribution in [3.63, 3.8) is 0 Å². The zero-order valence-electron chi connectivity index (χ0n) is 13.8. The number of amides is 1. The summed E-state index contributed by atoms with van der Waals surface area (Å²) in [6.07, 6.45) is 0. The lowest BCUT2D eigenvalue weighted by molar-refractivity contribution is 0.0696. The molecular weight excluding hydrogens is 346 g/mol. The summed E-state index contributed by atoms with van der Waals surface area (Å²) >= 11 is 5.83. The van der Waals surface area contributed by atoms with E-state index in [1.54, 1.807) is 18.2 Å². The number of ether oxygens (including phenoxy) is 2.